The summed E-state index contributed by atoms with van der Waals surface area (Å²) in [5, 5.41) is 0. The van der Waals surface area contributed by atoms with Crippen LogP contribution in [-0.2, 0) is 11.3 Å². The predicted molar refractivity (Wildman–Crippen MR) is 101 cm³/mol. The lowest BCUT2D eigenvalue weighted by Crippen LogP contribution is -2.42. The molecule has 5 nitrogen and oxygen atoms in total. The fourth-order valence-corrected chi connectivity index (χ4v) is 3.45. The number of halogens is 1. The number of nitrogens with zero attached hydrogens (tertiary/aromatic N) is 2. The van der Waals surface area contributed by atoms with E-state index >= 15 is 0 Å². The molecule has 0 saturated carbocycles. The Balaban J connectivity index is 1.50. The molecule has 2 aromatic rings. The van der Waals surface area contributed by atoms with Crippen LogP contribution in [0.1, 0.15) is 25.0 Å². The van der Waals surface area contributed by atoms with Gasteiger partial charge in [0, 0.05) is 43.7 Å². The van der Waals surface area contributed by atoms with Crippen LogP contribution in [0.4, 0.5) is 4.39 Å². The van der Waals surface area contributed by atoms with Gasteiger partial charge in [-0.3, -0.25) is 9.59 Å². The van der Waals surface area contributed by atoms with E-state index in [0.29, 0.717) is 31.9 Å². The molecule has 144 valence electrons. The number of ether oxygens (including phenoxy) is 1. The first kappa shape index (κ1) is 19.1. The summed E-state index contributed by atoms with van der Waals surface area (Å²) in [5.74, 6) is 0.675. The summed E-state index contributed by atoms with van der Waals surface area (Å²) in [6, 6.07) is 11.1. The molecule has 2 heterocycles. The van der Waals surface area contributed by atoms with Crippen molar-refractivity contribution in [2.24, 2.45) is 5.92 Å². The van der Waals surface area contributed by atoms with Crippen molar-refractivity contribution in [3.8, 4) is 5.75 Å². The van der Waals surface area contributed by atoms with Gasteiger partial charge >= 0.3 is 0 Å². The van der Waals surface area contributed by atoms with Gasteiger partial charge in [0.25, 0.3) is 5.56 Å². The molecule has 0 unspecified atom stereocenters. The third-order valence-electron chi connectivity index (χ3n) is 4.99. The first-order valence-corrected chi connectivity index (χ1v) is 9.35. The summed E-state index contributed by atoms with van der Waals surface area (Å²) in [4.78, 5) is 26.4. The number of likely N-dealkylation sites (tertiary alicyclic amines) is 1. The Morgan fingerprint density at radius 3 is 2.74 bits per heavy atom. The second-order valence-electron chi connectivity index (χ2n) is 7.02. The van der Waals surface area contributed by atoms with E-state index in [4.69, 9.17) is 4.74 Å². The quantitative estimate of drug-likeness (QED) is 0.783. The summed E-state index contributed by atoms with van der Waals surface area (Å²) in [7, 11) is 0. The lowest BCUT2D eigenvalue weighted by molar-refractivity contribution is -0.133. The van der Waals surface area contributed by atoms with E-state index in [2.05, 4.69) is 0 Å². The molecule has 3 rings (SSSR count). The molecular weight excluding hydrogens is 347 g/mol. The number of aryl methyl sites for hydroxylation is 1. The largest absolute Gasteiger partial charge is 0.493 e. The normalized spacial score (nSPS) is 17.0. The molecule has 6 heteroatoms. The Hall–Kier alpha value is -2.63. The van der Waals surface area contributed by atoms with Gasteiger partial charge in [0.05, 0.1) is 6.61 Å². The van der Waals surface area contributed by atoms with Crippen molar-refractivity contribution < 1.29 is 13.9 Å². The molecule has 1 saturated heterocycles. The molecule has 1 aliphatic heterocycles. The molecule has 1 aliphatic rings. The second-order valence-corrected chi connectivity index (χ2v) is 7.02. The van der Waals surface area contributed by atoms with Crippen LogP contribution in [0, 0.1) is 18.7 Å². The summed E-state index contributed by atoms with van der Waals surface area (Å²) >= 11 is 0. The highest BCUT2D eigenvalue weighted by atomic mass is 19.1. The first-order chi connectivity index (χ1) is 13.0. The molecule has 0 spiro atoms. The molecule has 0 radical (unpaired) electrons. The zero-order chi connectivity index (χ0) is 19.2. The molecule has 0 N–H and O–H groups in total. The number of hydrogen-bond donors (Lipinski definition) is 0. The summed E-state index contributed by atoms with van der Waals surface area (Å²) in [5.41, 5.74) is 0.784. The van der Waals surface area contributed by atoms with Crippen LogP contribution in [0.2, 0.25) is 0 Å². The van der Waals surface area contributed by atoms with Crippen molar-refractivity contribution >= 4 is 5.91 Å². The van der Waals surface area contributed by atoms with Crippen molar-refractivity contribution in [1.29, 1.82) is 0 Å². The number of aromatic nitrogens is 1. The summed E-state index contributed by atoms with van der Waals surface area (Å²) in [6.07, 6.45) is 2.26. The Morgan fingerprint density at radius 2 is 2.00 bits per heavy atom. The summed E-state index contributed by atoms with van der Waals surface area (Å²) < 4.78 is 20.3. The van der Waals surface area contributed by atoms with Gasteiger partial charge < -0.3 is 14.2 Å². The standard InChI is InChI=1S/C21H25FN2O3/c1-16-4-2-6-21(26)24(16)13-11-20(25)23-12-3-5-17(14-23)15-27-19-9-7-18(22)8-10-19/h2,4,6-10,17H,3,5,11-15H2,1H3/t17-/m1/s1. The maximum atomic E-state index is 12.9. The van der Waals surface area contributed by atoms with Crippen LogP contribution >= 0.6 is 0 Å². The molecule has 1 fully saturated rings. The van der Waals surface area contributed by atoms with Crippen LogP contribution in [0.15, 0.2) is 47.3 Å². The highest BCUT2D eigenvalue weighted by Crippen LogP contribution is 2.20. The number of carbonyl (C=O) groups is 1. The van der Waals surface area contributed by atoms with E-state index in [0.717, 1.165) is 25.1 Å². The third kappa shape index (κ3) is 5.18. The monoisotopic (exact) mass is 372 g/mol. The molecule has 0 aliphatic carbocycles. The fraction of sp³-hybridized carbons (Fsp3) is 0.429. The first-order valence-electron chi connectivity index (χ1n) is 9.35. The lowest BCUT2D eigenvalue weighted by Gasteiger charge is -2.33. The number of piperidine rings is 1. The average Bonchev–Trinajstić information content (AvgIpc) is 2.67. The van der Waals surface area contributed by atoms with Crippen LogP contribution < -0.4 is 10.3 Å². The van der Waals surface area contributed by atoms with Crippen LogP contribution in [0.25, 0.3) is 0 Å². The average molecular weight is 372 g/mol. The van der Waals surface area contributed by atoms with E-state index < -0.39 is 0 Å². The third-order valence-corrected chi connectivity index (χ3v) is 4.99. The summed E-state index contributed by atoms with van der Waals surface area (Å²) in [6.45, 7) is 4.18. The molecule has 1 amide bonds. The van der Waals surface area contributed by atoms with Gasteiger partial charge in [0.15, 0.2) is 0 Å². The SMILES string of the molecule is Cc1cccc(=O)n1CCC(=O)N1CCC[C@@H](COc2ccc(F)cc2)C1. The van der Waals surface area contributed by atoms with Crippen LogP contribution in [0.5, 0.6) is 5.75 Å². The van der Waals surface area contributed by atoms with E-state index in [9.17, 15) is 14.0 Å². The van der Waals surface area contributed by atoms with Crippen molar-refractivity contribution in [1.82, 2.24) is 9.47 Å². The van der Waals surface area contributed by atoms with Gasteiger partial charge in [0.2, 0.25) is 5.91 Å². The molecule has 1 atom stereocenters. The minimum atomic E-state index is -0.287. The second kappa shape index (κ2) is 8.84. The highest BCUT2D eigenvalue weighted by molar-refractivity contribution is 5.76. The maximum absolute atomic E-state index is 12.9. The zero-order valence-electron chi connectivity index (χ0n) is 15.6. The van der Waals surface area contributed by atoms with Crippen molar-refractivity contribution in [3.63, 3.8) is 0 Å². The zero-order valence-corrected chi connectivity index (χ0v) is 15.6. The number of amides is 1. The molecule has 1 aromatic heterocycles. The maximum Gasteiger partial charge on any atom is 0.250 e. The van der Waals surface area contributed by atoms with Crippen molar-refractivity contribution in [2.75, 3.05) is 19.7 Å². The Bertz CT molecular complexity index is 832. The van der Waals surface area contributed by atoms with Crippen LogP contribution in [0.3, 0.4) is 0 Å². The van der Waals surface area contributed by atoms with Crippen molar-refractivity contribution in [2.45, 2.75) is 32.7 Å². The highest BCUT2D eigenvalue weighted by Gasteiger charge is 2.24. The number of pyridine rings is 1. The van der Waals surface area contributed by atoms with Gasteiger partial charge in [-0.2, -0.15) is 0 Å². The number of rotatable bonds is 6. The smallest absolute Gasteiger partial charge is 0.250 e. The van der Waals surface area contributed by atoms with Gasteiger partial charge in [-0.15, -0.1) is 0 Å². The Kier molecular flexibility index (Phi) is 6.27. The van der Waals surface area contributed by atoms with Gasteiger partial charge in [0.1, 0.15) is 11.6 Å². The minimum absolute atomic E-state index is 0.0663. The molecule has 27 heavy (non-hydrogen) atoms. The van der Waals surface area contributed by atoms with Gasteiger partial charge in [-0.05, 0) is 50.1 Å². The number of benzene rings is 1. The van der Waals surface area contributed by atoms with E-state index in [1.165, 1.54) is 18.2 Å². The Labute approximate surface area is 158 Å². The molecular formula is C21H25FN2O3. The van der Waals surface area contributed by atoms with Crippen LogP contribution in [-0.4, -0.2) is 35.1 Å². The van der Waals surface area contributed by atoms with E-state index in [1.807, 2.05) is 17.9 Å². The molecule has 0 bridgehead atoms. The van der Waals surface area contributed by atoms with Gasteiger partial charge in [-0.25, -0.2) is 4.39 Å². The molecule has 1 aromatic carbocycles. The fourth-order valence-electron chi connectivity index (χ4n) is 3.45. The lowest BCUT2D eigenvalue weighted by atomic mass is 9.98. The van der Waals surface area contributed by atoms with E-state index in [1.54, 1.807) is 22.8 Å². The van der Waals surface area contributed by atoms with E-state index in [-0.39, 0.29) is 23.2 Å². The minimum Gasteiger partial charge on any atom is -0.493 e. The topological polar surface area (TPSA) is 51.5 Å². The Morgan fingerprint density at radius 1 is 1.22 bits per heavy atom. The number of hydrogen-bond acceptors (Lipinski definition) is 3. The van der Waals surface area contributed by atoms with Gasteiger partial charge in [-0.1, -0.05) is 6.07 Å². The van der Waals surface area contributed by atoms with Crippen molar-refractivity contribution in [3.05, 3.63) is 64.3 Å². The number of carbonyl (C=O) groups excluding carboxylic acids is 1. The predicted octanol–water partition coefficient (Wildman–Crippen LogP) is 3.00.